The average molecular weight is 351 g/mol. The van der Waals surface area contributed by atoms with Gasteiger partial charge in [-0.3, -0.25) is 0 Å². The van der Waals surface area contributed by atoms with Crippen LogP contribution in [0.1, 0.15) is 5.56 Å². The molecular weight excluding hydrogens is 332 g/mol. The van der Waals surface area contributed by atoms with E-state index in [1.807, 2.05) is 55.4 Å². The summed E-state index contributed by atoms with van der Waals surface area (Å²) in [7, 11) is 5.61. The molecule has 0 aliphatic heterocycles. The van der Waals surface area contributed by atoms with Gasteiger partial charge in [0.2, 0.25) is 0 Å². The quantitative estimate of drug-likeness (QED) is 0.835. The Labute approximate surface area is 133 Å². The second-order valence-electron chi connectivity index (χ2n) is 4.87. The van der Waals surface area contributed by atoms with E-state index in [4.69, 9.17) is 15.2 Å². The molecular formula is C16H19BrN2O2. The number of hydrogen-bond acceptors (Lipinski definition) is 4. The summed E-state index contributed by atoms with van der Waals surface area (Å²) in [5.41, 5.74) is 8.68. The summed E-state index contributed by atoms with van der Waals surface area (Å²) < 4.78 is 11.9. The molecule has 0 amide bonds. The van der Waals surface area contributed by atoms with Gasteiger partial charge in [0.15, 0.2) is 0 Å². The Balaban J connectivity index is 2.12. The zero-order valence-corrected chi connectivity index (χ0v) is 14.0. The van der Waals surface area contributed by atoms with Crippen LogP contribution in [-0.2, 0) is 6.61 Å². The minimum atomic E-state index is 0.448. The Morgan fingerprint density at radius 2 is 1.86 bits per heavy atom. The molecule has 0 fully saturated rings. The summed E-state index contributed by atoms with van der Waals surface area (Å²) in [4.78, 5) is 2.01. The fourth-order valence-electron chi connectivity index (χ4n) is 1.89. The van der Waals surface area contributed by atoms with Crippen LogP contribution in [0.5, 0.6) is 11.5 Å². The number of rotatable bonds is 5. The molecule has 2 N–H and O–H groups in total. The van der Waals surface area contributed by atoms with E-state index >= 15 is 0 Å². The van der Waals surface area contributed by atoms with E-state index in [1.165, 1.54) is 0 Å². The van der Waals surface area contributed by atoms with Crippen molar-refractivity contribution in [2.75, 3.05) is 31.8 Å². The van der Waals surface area contributed by atoms with E-state index in [9.17, 15) is 0 Å². The Bertz CT molecular complexity index is 630. The summed E-state index contributed by atoms with van der Waals surface area (Å²) in [6.45, 7) is 0.448. The van der Waals surface area contributed by atoms with Crippen molar-refractivity contribution >= 4 is 27.3 Å². The van der Waals surface area contributed by atoms with Crippen molar-refractivity contribution in [2.24, 2.45) is 0 Å². The molecule has 0 unspecified atom stereocenters. The van der Waals surface area contributed by atoms with Gasteiger partial charge in [-0.05, 0) is 45.8 Å². The van der Waals surface area contributed by atoms with Gasteiger partial charge in [0, 0.05) is 25.8 Å². The van der Waals surface area contributed by atoms with E-state index in [1.54, 1.807) is 7.11 Å². The zero-order valence-electron chi connectivity index (χ0n) is 12.4. The van der Waals surface area contributed by atoms with Crippen LogP contribution in [0, 0.1) is 0 Å². The summed E-state index contributed by atoms with van der Waals surface area (Å²) in [6, 6.07) is 11.6. The second kappa shape index (κ2) is 6.72. The average Bonchev–Trinajstić information content (AvgIpc) is 2.46. The maximum absolute atomic E-state index is 5.96. The van der Waals surface area contributed by atoms with Crippen molar-refractivity contribution in [3.63, 3.8) is 0 Å². The predicted molar refractivity (Wildman–Crippen MR) is 90.2 cm³/mol. The highest BCUT2D eigenvalue weighted by Gasteiger charge is 2.06. The Morgan fingerprint density at radius 3 is 2.48 bits per heavy atom. The molecule has 4 nitrogen and oxygen atoms in total. The fourth-order valence-corrected chi connectivity index (χ4v) is 2.48. The first kappa shape index (κ1) is 15.5. The highest BCUT2D eigenvalue weighted by atomic mass is 79.9. The minimum absolute atomic E-state index is 0.448. The second-order valence-corrected chi connectivity index (χ2v) is 5.73. The first-order chi connectivity index (χ1) is 10.0. The Morgan fingerprint density at radius 1 is 1.10 bits per heavy atom. The molecule has 0 aromatic heterocycles. The molecule has 0 saturated heterocycles. The molecule has 5 heteroatoms. The van der Waals surface area contributed by atoms with E-state index in [0.29, 0.717) is 18.0 Å². The van der Waals surface area contributed by atoms with Crippen LogP contribution in [0.2, 0.25) is 0 Å². The SMILES string of the molecule is COc1ccc(COc2cc(N(C)C)ccc2N)cc1Br. The van der Waals surface area contributed by atoms with E-state index in [-0.39, 0.29) is 0 Å². The monoisotopic (exact) mass is 350 g/mol. The molecule has 0 saturated carbocycles. The van der Waals surface area contributed by atoms with Crippen molar-refractivity contribution in [2.45, 2.75) is 6.61 Å². The number of methoxy groups -OCH3 is 1. The maximum atomic E-state index is 5.96. The molecule has 0 aliphatic carbocycles. The van der Waals surface area contributed by atoms with E-state index in [0.717, 1.165) is 21.5 Å². The molecule has 0 spiro atoms. The van der Waals surface area contributed by atoms with Crippen LogP contribution in [0.15, 0.2) is 40.9 Å². The van der Waals surface area contributed by atoms with Crippen molar-refractivity contribution < 1.29 is 9.47 Å². The first-order valence-electron chi connectivity index (χ1n) is 6.53. The van der Waals surface area contributed by atoms with Crippen LogP contribution >= 0.6 is 15.9 Å². The van der Waals surface area contributed by atoms with Crippen LogP contribution in [0.3, 0.4) is 0 Å². The molecule has 2 aromatic rings. The van der Waals surface area contributed by atoms with Gasteiger partial charge < -0.3 is 20.1 Å². The van der Waals surface area contributed by atoms with Crippen LogP contribution < -0.4 is 20.1 Å². The highest BCUT2D eigenvalue weighted by molar-refractivity contribution is 9.10. The summed E-state index contributed by atoms with van der Waals surface area (Å²) in [6.07, 6.45) is 0. The van der Waals surface area contributed by atoms with E-state index < -0.39 is 0 Å². The number of nitrogens with zero attached hydrogens (tertiary/aromatic N) is 1. The predicted octanol–water partition coefficient (Wildman–Crippen LogP) is 3.68. The topological polar surface area (TPSA) is 47.7 Å². The van der Waals surface area contributed by atoms with Crippen LogP contribution in [0.4, 0.5) is 11.4 Å². The first-order valence-corrected chi connectivity index (χ1v) is 7.32. The van der Waals surface area contributed by atoms with E-state index in [2.05, 4.69) is 15.9 Å². The maximum Gasteiger partial charge on any atom is 0.144 e. The lowest BCUT2D eigenvalue weighted by Crippen LogP contribution is -2.09. The number of ether oxygens (including phenoxy) is 2. The van der Waals surface area contributed by atoms with Gasteiger partial charge in [-0.2, -0.15) is 0 Å². The Kier molecular flexibility index (Phi) is 4.96. The van der Waals surface area contributed by atoms with Gasteiger partial charge in [-0.1, -0.05) is 6.07 Å². The van der Waals surface area contributed by atoms with Gasteiger partial charge in [0.25, 0.3) is 0 Å². The number of anilines is 2. The van der Waals surface area contributed by atoms with Crippen molar-refractivity contribution in [1.82, 2.24) is 0 Å². The normalized spacial score (nSPS) is 10.3. The number of nitrogens with two attached hydrogens (primary N) is 1. The lowest BCUT2D eigenvalue weighted by molar-refractivity contribution is 0.307. The smallest absolute Gasteiger partial charge is 0.144 e. The zero-order chi connectivity index (χ0) is 15.4. The number of halogens is 1. The third kappa shape index (κ3) is 3.82. The highest BCUT2D eigenvalue weighted by Crippen LogP contribution is 2.29. The van der Waals surface area contributed by atoms with Gasteiger partial charge in [0.05, 0.1) is 17.3 Å². The number of nitrogen functional groups attached to an aromatic ring is 1. The van der Waals surface area contributed by atoms with Crippen molar-refractivity contribution in [3.05, 3.63) is 46.4 Å². The van der Waals surface area contributed by atoms with Crippen LogP contribution in [0.25, 0.3) is 0 Å². The largest absolute Gasteiger partial charge is 0.496 e. The Hall–Kier alpha value is -1.88. The number of hydrogen-bond donors (Lipinski definition) is 1. The number of benzene rings is 2. The van der Waals surface area contributed by atoms with Gasteiger partial charge in [-0.25, -0.2) is 0 Å². The molecule has 21 heavy (non-hydrogen) atoms. The lowest BCUT2D eigenvalue weighted by atomic mass is 10.2. The van der Waals surface area contributed by atoms with Gasteiger partial charge in [-0.15, -0.1) is 0 Å². The summed E-state index contributed by atoms with van der Waals surface area (Å²) in [5.74, 6) is 1.49. The molecule has 2 rings (SSSR count). The lowest BCUT2D eigenvalue weighted by Gasteiger charge is -2.16. The van der Waals surface area contributed by atoms with Crippen LogP contribution in [-0.4, -0.2) is 21.2 Å². The molecule has 112 valence electrons. The molecule has 2 aromatic carbocycles. The molecule has 0 bridgehead atoms. The molecule has 0 heterocycles. The third-order valence-corrected chi connectivity index (χ3v) is 3.74. The summed E-state index contributed by atoms with van der Waals surface area (Å²) >= 11 is 3.47. The third-order valence-electron chi connectivity index (χ3n) is 3.12. The fraction of sp³-hybridized carbons (Fsp3) is 0.250. The minimum Gasteiger partial charge on any atom is -0.496 e. The van der Waals surface area contributed by atoms with Gasteiger partial charge >= 0.3 is 0 Å². The van der Waals surface area contributed by atoms with Gasteiger partial charge in [0.1, 0.15) is 18.1 Å². The van der Waals surface area contributed by atoms with Crippen molar-refractivity contribution in [3.8, 4) is 11.5 Å². The molecule has 0 atom stereocenters. The molecule has 0 radical (unpaired) electrons. The standard InChI is InChI=1S/C16H19BrN2O2/c1-19(2)12-5-6-14(18)16(9-12)21-10-11-4-7-15(20-3)13(17)8-11/h4-9H,10,18H2,1-3H3. The molecule has 0 aliphatic rings. The van der Waals surface area contributed by atoms with Crippen molar-refractivity contribution in [1.29, 1.82) is 0 Å². The summed E-state index contributed by atoms with van der Waals surface area (Å²) in [5, 5.41) is 0.